The molecule has 1 N–H and O–H groups in total. The van der Waals surface area contributed by atoms with Gasteiger partial charge >= 0.3 is 0 Å². The average Bonchev–Trinajstić information content (AvgIpc) is 2.46. The molecule has 1 aliphatic carbocycles. The van der Waals surface area contributed by atoms with Crippen molar-refractivity contribution in [1.29, 1.82) is 0 Å². The Morgan fingerprint density at radius 2 is 1.86 bits per heavy atom. The first-order chi connectivity index (χ1) is 9.95. The van der Waals surface area contributed by atoms with Crippen LogP contribution in [0.5, 0.6) is 0 Å². The fourth-order valence-electron chi connectivity index (χ4n) is 2.40. The Kier molecular flexibility index (Phi) is 5.28. The molecule has 0 aliphatic heterocycles. The van der Waals surface area contributed by atoms with Crippen molar-refractivity contribution in [3.8, 4) is 0 Å². The second-order valence-electron chi connectivity index (χ2n) is 6.66. The van der Waals surface area contributed by atoms with Crippen molar-refractivity contribution in [1.82, 2.24) is 9.97 Å². The lowest BCUT2D eigenvalue weighted by molar-refractivity contribution is -0.123. The van der Waals surface area contributed by atoms with E-state index in [2.05, 4.69) is 36.1 Å². The Morgan fingerprint density at radius 3 is 2.43 bits per heavy atom. The van der Waals surface area contributed by atoms with Gasteiger partial charge in [-0.05, 0) is 12.8 Å². The lowest BCUT2D eigenvalue weighted by Crippen LogP contribution is -2.25. The molecule has 1 aromatic rings. The van der Waals surface area contributed by atoms with Crippen LogP contribution in [0.3, 0.4) is 0 Å². The summed E-state index contributed by atoms with van der Waals surface area (Å²) in [6.07, 6.45) is 9.35. The van der Waals surface area contributed by atoms with Gasteiger partial charge in [0.25, 0.3) is 0 Å². The van der Waals surface area contributed by atoms with Crippen LogP contribution >= 0.6 is 0 Å². The summed E-state index contributed by atoms with van der Waals surface area (Å²) in [6.45, 7) is 6.27. The molecule has 1 aliphatic rings. The van der Waals surface area contributed by atoms with E-state index in [1.165, 1.54) is 19.3 Å². The van der Waals surface area contributed by atoms with E-state index in [1.807, 2.05) is 0 Å². The van der Waals surface area contributed by atoms with Crippen LogP contribution in [-0.2, 0) is 14.9 Å². The number of amides is 1. The lowest BCUT2D eigenvalue weighted by atomic mass is 9.96. The molecule has 0 bridgehead atoms. The second-order valence-corrected chi connectivity index (χ2v) is 6.66. The third kappa shape index (κ3) is 5.08. The van der Waals surface area contributed by atoms with E-state index in [-0.39, 0.29) is 24.0 Å². The molecular formula is C16H25N3O2. The molecule has 0 radical (unpaired) electrons. The predicted molar refractivity (Wildman–Crippen MR) is 82.2 cm³/mol. The van der Waals surface area contributed by atoms with E-state index in [4.69, 9.17) is 4.74 Å². The van der Waals surface area contributed by atoms with Crippen LogP contribution in [0.25, 0.3) is 0 Å². The van der Waals surface area contributed by atoms with Crippen LogP contribution < -0.4 is 5.32 Å². The smallest absolute Gasteiger partial charge is 0.250 e. The summed E-state index contributed by atoms with van der Waals surface area (Å²) in [5.41, 5.74) is 0.521. The second kappa shape index (κ2) is 6.98. The van der Waals surface area contributed by atoms with Gasteiger partial charge < -0.3 is 10.1 Å². The molecule has 0 aromatic carbocycles. The predicted octanol–water partition coefficient (Wildman–Crippen LogP) is 3.06. The van der Waals surface area contributed by atoms with Crippen LogP contribution in [0.2, 0.25) is 0 Å². The number of hydrogen-bond donors (Lipinski definition) is 1. The van der Waals surface area contributed by atoms with E-state index in [0.717, 1.165) is 18.7 Å². The van der Waals surface area contributed by atoms with Gasteiger partial charge in [0.1, 0.15) is 12.4 Å². The summed E-state index contributed by atoms with van der Waals surface area (Å²) < 4.78 is 5.64. The van der Waals surface area contributed by atoms with E-state index >= 15 is 0 Å². The molecule has 0 atom stereocenters. The Hall–Kier alpha value is -1.49. The van der Waals surface area contributed by atoms with Gasteiger partial charge in [-0.3, -0.25) is 4.79 Å². The van der Waals surface area contributed by atoms with Gasteiger partial charge in [-0.2, -0.15) is 0 Å². The molecule has 1 heterocycles. The highest BCUT2D eigenvalue weighted by Gasteiger charge is 2.17. The Bertz CT molecular complexity index is 459. The molecular weight excluding hydrogens is 266 g/mol. The molecule has 0 saturated heterocycles. The maximum atomic E-state index is 11.8. The molecule has 21 heavy (non-hydrogen) atoms. The molecule has 0 spiro atoms. The SMILES string of the molecule is CC(C)(C)c1ncc(NC(=O)COC2CCCCC2)cn1. The number of hydrogen-bond acceptors (Lipinski definition) is 4. The number of nitrogens with one attached hydrogen (secondary N) is 1. The zero-order chi connectivity index (χ0) is 15.3. The van der Waals surface area contributed by atoms with Gasteiger partial charge in [0.2, 0.25) is 5.91 Å². The maximum Gasteiger partial charge on any atom is 0.250 e. The number of rotatable bonds is 4. The van der Waals surface area contributed by atoms with Crippen molar-refractivity contribution in [2.24, 2.45) is 0 Å². The van der Waals surface area contributed by atoms with Crippen LogP contribution in [0.4, 0.5) is 5.69 Å². The molecule has 1 saturated carbocycles. The van der Waals surface area contributed by atoms with Gasteiger partial charge in [-0.25, -0.2) is 9.97 Å². The van der Waals surface area contributed by atoms with Gasteiger partial charge in [0, 0.05) is 5.41 Å². The van der Waals surface area contributed by atoms with Crippen molar-refractivity contribution in [3.05, 3.63) is 18.2 Å². The summed E-state index contributed by atoms with van der Waals surface area (Å²) >= 11 is 0. The molecule has 116 valence electrons. The largest absolute Gasteiger partial charge is 0.368 e. The van der Waals surface area contributed by atoms with Crippen LogP contribution in [0.1, 0.15) is 58.7 Å². The average molecular weight is 291 g/mol. The highest BCUT2D eigenvalue weighted by molar-refractivity contribution is 5.91. The van der Waals surface area contributed by atoms with Crippen molar-refractivity contribution in [2.45, 2.75) is 64.4 Å². The van der Waals surface area contributed by atoms with Crippen molar-refractivity contribution >= 4 is 11.6 Å². The minimum absolute atomic E-state index is 0.0906. The zero-order valence-electron chi connectivity index (χ0n) is 13.2. The molecule has 0 unspecified atom stereocenters. The zero-order valence-corrected chi connectivity index (χ0v) is 13.2. The van der Waals surface area contributed by atoms with Gasteiger partial charge in [0.05, 0.1) is 24.2 Å². The summed E-state index contributed by atoms with van der Waals surface area (Å²) in [6, 6.07) is 0. The summed E-state index contributed by atoms with van der Waals surface area (Å²) in [5, 5.41) is 2.77. The number of ether oxygens (including phenoxy) is 1. The van der Waals surface area contributed by atoms with E-state index in [9.17, 15) is 4.79 Å². The third-order valence-corrected chi connectivity index (χ3v) is 3.61. The normalized spacial score (nSPS) is 16.7. The minimum atomic E-state index is -0.146. The van der Waals surface area contributed by atoms with Gasteiger partial charge in [-0.15, -0.1) is 0 Å². The molecule has 5 nitrogen and oxygen atoms in total. The van der Waals surface area contributed by atoms with Gasteiger partial charge in [0.15, 0.2) is 0 Å². The molecule has 1 amide bonds. The molecule has 1 fully saturated rings. The highest BCUT2D eigenvalue weighted by Crippen LogP contribution is 2.20. The van der Waals surface area contributed by atoms with E-state index in [0.29, 0.717) is 5.69 Å². The van der Waals surface area contributed by atoms with Crippen molar-refractivity contribution in [2.75, 3.05) is 11.9 Å². The Morgan fingerprint density at radius 1 is 1.24 bits per heavy atom. The van der Waals surface area contributed by atoms with E-state index < -0.39 is 0 Å². The maximum absolute atomic E-state index is 11.8. The topological polar surface area (TPSA) is 64.1 Å². The monoisotopic (exact) mass is 291 g/mol. The first-order valence-corrected chi connectivity index (χ1v) is 7.69. The number of carbonyl (C=O) groups is 1. The summed E-state index contributed by atoms with van der Waals surface area (Å²) in [7, 11) is 0. The molecule has 2 rings (SSSR count). The minimum Gasteiger partial charge on any atom is -0.368 e. The number of anilines is 1. The van der Waals surface area contributed by atoms with Crippen molar-refractivity contribution in [3.63, 3.8) is 0 Å². The summed E-state index contributed by atoms with van der Waals surface area (Å²) in [4.78, 5) is 20.4. The van der Waals surface area contributed by atoms with Crippen LogP contribution in [0, 0.1) is 0 Å². The number of aromatic nitrogens is 2. The third-order valence-electron chi connectivity index (χ3n) is 3.61. The van der Waals surface area contributed by atoms with Crippen molar-refractivity contribution < 1.29 is 9.53 Å². The quantitative estimate of drug-likeness (QED) is 0.926. The molecule has 5 heteroatoms. The van der Waals surface area contributed by atoms with E-state index in [1.54, 1.807) is 12.4 Å². The first-order valence-electron chi connectivity index (χ1n) is 7.69. The fraction of sp³-hybridized carbons (Fsp3) is 0.688. The van der Waals surface area contributed by atoms with Crippen LogP contribution in [-0.4, -0.2) is 28.6 Å². The Labute approximate surface area is 126 Å². The lowest BCUT2D eigenvalue weighted by Gasteiger charge is -2.21. The molecule has 1 aromatic heterocycles. The summed E-state index contributed by atoms with van der Waals surface area (Å²) in [5.74, 6) is 0.617. The number of carbonyl (C=O) groups excluding carboxylic acids is 1. The standard InChI is InChI=1S/C16H25N3O2/c1-16(2,3)15-17-9-12(10-18-15)19-14(20)11-21-13-7-5-4-6-8-13/h9-10,13H,4-8,11H2,1-3H3,(H,19,20). The highest BCUT2D eigenvalue weighted by atomic mass is 16.5. The number of nitrogens with zero attached hydrogens (tertiary/aromatic N) is 2. The fourth-order valence-corrected chi connectivity index (χ4v) is 2.40. The van der Waals surface area contributed by atoms with Gasteiger partial charge in [-0.1, -0.05) is 40.0 Å². The first kappa shape index (κ1) is 15.9. The van der Waals surface area contributed by atoms with Crippen LogP contribution in [0.15, 0.2) is 12.4 Å². The Balaban J connectivity index is 1.79.